The smallest absolute Gasteiger partial charge is 0.109 e. The van der Waals surface area contributed by atoms with E-state index in [4.69, 9.17) is 4.42 Å². The van der Waals surface area contributed by atoms with Crippen LogP contribution in [0.25, 0.3) is 0 Å². The van der Waals surface area contributed by atoms with Gasteiger partial charge in [0.1, 0.15) is 5.76 Å². The van der Waals surface area contributed by atoms with Crippen molar-refractivity contribution in [2.45, 2.75) is 242 Å². The highest BCUT2D eigenvalue weighted by Crippen LogP contribution is 2.31. The van der Waals surface area contributed by atoms with Crippen LogP contribution in [0.15, 0.2) is 137 Å². The molecule has 0 amide bonds. The van der Waals surface area contributed by atoms with E-state index in [1.54, 1.807) is 18.0 Å². The van der Waals surface area contributed by atoms with Crippen LogP contribution < -0.4 is 0 Å². The van der Waals surface area contributed by atoms with Crippen molar-refractivity contribution in [1.82, 2.24) is 9.97 Å². The Kier molecular flexibility index (Phi) is 46.9. The minimum atomic E-state index is 0.156. The lowest BCUT2D eigenvalue weighted by Crippen LogP contribution is -2.10. The highest BCUT2D eigenvalue weighted by atomic mass is 32.1. The Balaban J connectivity index is -0.000000162. The van der Waals surface area contributed by atoms with Gasteiger partial charge in [-0.1, -0.05) is 262 Å². The number of furan rings is 1. The van der Waals surface area contributed by atoms with E-state index in [1.807, 2.05) is 131 Å². The summed E-state index contributed by atoms with van der Waals surface area (Å²) in [4.78, 5) is 9.47. The van der Waals surface area contributed by atoms with Gasteiger partial charge in [-0.25, -0.2) is 0 Å². The molecule has 2 aliphatic rings. The molecule has 0 spiro atoms. The lowest BCUT2D eigenvalue weighted by atomic mass is 9.86. The van der Waals surface area contributed by atoms with E-state index in [1.165, 1.54) is 21.6 Å². The number of allylic oxidation sites excluding steroid dienone is 8. The van der Waals surface area contributed by atoms with Crippen molar-refractivity contribution >= 4 is 11.3 Å². The van der Waals surface area contributed by atoms with Crippen LogP contribution in [-0.4, -0.2) is 9.97 Å². The molecule has 4 aromatic heterocycles. The van der Waals surface area contributed by atoms with Gasteiger partial charge in [0.15, 0.2) is 0 Å². The van der Waals surface area contributed by atoms with Crippen LogP contribution in [0.2, 0.25) is 0 Å². The summed E-state index contributed by atoms with van der Waals surface area (Å²) in [7, 11) is 0. The number of nitrogens with zero attached hydrogens (tertiary/aromatic N) is 2. The van der Waals surface area contributed by atoms with Crippen molar-refractivity contribution in [3.05, 3.63) is 154 Å². The first-order valence-electron chi connectivity index (χ1n) is 26.3. The second kappa shape index (κ2) is 42.1. The molecule has 2 aliphatic carbocycles. The zero-order chi connectivity index (χ0) is 54.8. The second-order valence-corrected chi connectivity index (χ2v) is 21.5. The quantitative estimate of drug-likeness (QED) is 0.176. The van der Waals surface area contributed by atoms with Crippen LogP contribution in [0.1, 0.15) is 242 Å². The minimum Gasteiger partial charge on any atom is -0.469 e. The Morgan fingerprint density at radius 3 is 1.19 bits per heavy atom. The van der Waals surface area contributed by atoms with Crippen LogP contribution in [0, 0.1) is 10.8 Å². The van der Waals surface area contributed by atoms with Crippen molar-refractivity contribution in [2.24, 2.45) is 10.8 Å². The molecular weight excluding hydrogens is 845 g/mol. The second-order valence-electron chi connectivity index (χ2n) is 20.6. The van der Waals surface area contributed by atoms with E-state index in [2.05, 4.69) is 207 Å². The molecule has 68 heavy (non-hydrogen) atoms. The molecule has 0 atom stereocenters. The number of pyridine rings is 2. The number of aromatic nitrogens is 2. The summed E-state index contributed by atoms with van der Waals surface area (Å²) in [5, 5.41) is 2.13. The Hall–Kier alpha value is -3.76. The first-order valence-corrected chi connectivity index (χ1v) is 27.1. The van der Waals surface area contributed by atoms with Gasteiger partial charge in [-0.3, -0.25) is 9.97 Å². The zero-order valence-electron chi connectivity index (χ0n) is 50.7. The third-order valence-electron chi connectivity index (χ3n) is 8.97. The number of rotatable bonds is 0. The Bertz CT molecular complexity index is 1640. The largest absolute Gasteiger partial charge is 0.469 e. The molecule has 6 rings (SSSR count). The predicted octanol–water partition coefficient (Wildman–Crippen LogP) is 22.4. The maximum absolute atomic E-state index is 5.20. The average Bonchev–Trinajstić information content (AvgIpc) is 4.17. The van der Waals surface area contributed by atoms with Crippen LogP contribution in [0.3, 0.4) is 0 Å². The molecule has 0 saturated carbocycles. The van der Waals surface area contributed by atoms with Gasteiger partial charge < -0.3 is 4.42 Å². The Labute approximate surface area is 431 Å². The third-order valence-corrected chi connectivity index (χ3v) is 10.3. The van der Waals surface area contributed by atoms with Gasteiger partial charge in [-0.05, 0) is 98.4 Å². The van der Waals surface area contributed by atoms with Crippen molar-refractivity contribution in [2.75, 3.05) is 0 Å². The number of hydrogen-bond donors (Lipinski definition) is 0. The summed E-state index contributed by atoms with van der Waals surface area (Å²) in [5.74, 6) is 1.04. The molecule has 0 radical (unpaired) electrons. The maximum Gasteiger partial charge on any atom is 0.109 e. The van der Waals surface area contributed by atoms with Gasteiger partial charge >= 0.3 is 0 Å². The Morgan fingerprint density at radius 1 is 0.471 bits per heavy atom. The van der Waals surface area contributed by atoms with Gasteiger partial charge in [-0.15, -0.1) is 11.3 Å². The summed E-state index contributed by atoms with van der Waals surface area (Å²) in [6.07, 6.45) is 24.7. The van der Waals surface area contributed by atoms with Crippen molar-refractivity contribution < 1.29 is 4.42 Å². The van der Waals surface area contributed by atoms with E-state index < -0.39 is 0 Å². The van der Waals surface area contributed by atoms with Crippen molar-refractivity contribution in [1.29, 1.82) is 0 Å². The highest BCUT2D eigenvalue weighted by molar-refractivity contribution is 7.10. The molecule has 4 heterocycles. The van der Waals surface area contributed by atoms with E-state index in [0.717, 1.165) is 18.6 Å². The summed E-state index contributed by atoms with van der Waals surface area (Å²) in [6.45, 7) is 63.7. The fourth-order valence-corrected chi connectivity index (χ4v) is 5.90. The Morgan fingerprint density at radius 2 is 0.985 bits per heavy atom. The monoisotopic (exact) mass is 959 g/mol. The van der Waals surface area contributed by atoms with Gasteiger partial charge in [0.25, 0.3) is 0 Å². The first-order chi connectivity index (χ1) is 31.6. The molecule has 0 bridgehead atoms. The fraction of sp³-hybridized carbons (Fsp3) is 0.594. The van der Waals surface area contributed by atoms with Gasteiger partial charge in [0.2, 0.25) is 0 Å². The molecule has 0 N–H and O–H groups in total. The standard InChI is InChI=1S/2C9H13N.2C9H14.C8H12O.C8H12S.6C2H6/c1-9(2,3)8-4-6-10-7-5-8;1-9(2,3)8-5-4-6-10-7-8;2*1-9(2,3)8-6-4-5-7-8;2*1-8(2,3)7-5-4-6-9-7;6*1-2/h2*4-7H,1-3H3;4,6-7H,5H2,1-3H3;4-6H,7H2,1-3H3;2*4-6H,1-3H3;6*1-2H3. The van der Waals surface area contributed by atoms with Crippen molar-refractivity contribution in [3.63, 3.8) is 0 Å². The summed E-state index contributed by atoms with van der Waals surface area (Å²) < 4.78 is 5.20. The van der Waals surface area contributed by atoms with Crippen LogP contribution in [-0.2, 0) is 21.7 Å². The van der Waals surface area contributed by atoms with Crippen LogP contribution in [0.5, 0.6) is 0 Å². The SMILES string of the molecule is CC.CC.CC.CC.CC.CC.CC(C)(C)C1=CC=CC1.CC(C)(C)C1=CCC=C1.CC(C)(C)c1cccnc1.CC(C)(C)c1ccco1.CC(C)(C)c1cccs1.CC(C)(C)c1ccncc1. The van der Waals surface area contributed by atoms with Crippen molar-refractivity contribution in [3.8, 4) is 0 Å². The van der Waals surface area contributed by atoms with E-state index >= 15 is 0 Å². The van der Waals surface area contributed by atoms with E-state index in [0.29, 0.717) is 16.2 Å². The van der Waals surface area contributed by atoms with E-state index in [9.17, 15) is 0 Å². The molecule has 4 heteroatoms. The zero-order valence-corrected chi connectivity index (χ0v) is 51.5. The molecule has 0 unspecified atom stereocenters. The number of thiophene rings is 1. The molecule has 3 nitrogen and oxygen atoms in total. The van der Waals surface area contributed by atoms with E-state index in [-0.39, 0.29) is 16.2 Å². The lowest BCUT2D eigenvalue weighted by molar-refractivity contribution is 0.409. The van der Waals surface area contributed by atoms with Gasteiger partial charge in [0, 0.05) is 35.1 Å². The summed E-state index contributed by atoms with van der Waals surface area (Å²) >= 11 is 1.83. The first kappa shape index (κ1) is 75.7. The molecule has 0 saturated heterocycles. The summed E-state index contributed by atoms with van der Waals surface area (Å²) in [6, 6.07) is 16.4. The third kappa shape index (κ3) is 40.2. The highest BCUT2D eigenvalue weighted by Gasteiger charge is 2.18. The normalized spacial score (nSPS) is 11.9. The fourth-order valence-electron chi connectivity index (χ4n) is 5.09. The number of hydrogen-bond acceptors (Lipinski definition) is 4. The predicted molar refractivity (Wildman–Crippen MR) is 317 cm³/mol. The minimum absolute atomic E-state index is 0.156. The van der Waals surface area contributed by atoms with Gasteiger partial charge in [-0.2, -0.15) is 0 Å². The van der Waals surface area contributed by atoms with Crippen LogP contribution in [0.4, 0.5) is 0 Å². The molecule has 4 aromatic rings. The average molecular weight is 960 g/mol. The molecular formula is C64H114N2OS. The molecule has 392 valence electrons. The maximum atomic E-state index is 5.20. The lowest BCUT2D eigenvalue weighted by Gasteiger charge is -2.19. The molecule has 0 aromatic carbocycles. The molecule has 0 aliphatic heterocycles. The van der Waals surface area contributed by atoms with Gasteiger partial charge in [0.05, 0.1) is 6.26 Å². The topological polar surface area (TPSA) is 38.9 Å². The van der Waals surface area contributed by atoms with Crippen LogP contribution >= 0.6 is 11.3 Å². The summed E-state index contributed by atoms with van der Waals surface area (Å²) in [5.41, 5.74) is 7.35. The molecule has 0 fully saturated rings.